The van der Waals surface area contributed by atoms with Gasteiger partial charge in [-0.05, 0) is 13.8 Å². The van der Waals surface area contributed by atoms with Gasteiger partial charge in [0.25, 0.3) is 0 Å². The van der Waals surface area contributed by atoms with E-state index < -0.39 is 35.3 Å². The van der Waals surface area contributed by atoms with E-state index in [2.05, 4.69) is 5.32 Å². The number of aliphatic carboxylic acids is 1. The van der Waals surface area contributed by atoms with Crippen molar-refractivity contribution in [3.05, 3.63) is 0 Å². The van der Waals surface area contributed by atoms with Crippen LogP contribution >= 0.6 is 0 Å². The van der Waals surface area contributed by atoms with Crippen molar-refractivity contribution in [3.8, 4) is 0 Å². The molecule has 0 atom stereocenters. The Bertz CT molecular complexity index is 335. The molecule has 18 heavy (non-hydrogen) atoms. The van der Waals surface area contributed by atoms with Gasteiger partial charge in [0.2, 0.25) is 5.91 Å². The van der Waals surface area contributed by atoms with Crippen LogP contribution in [0.1, 0.15) is 34.1 Å². The molecule has 4 nitrogen and oxygen atoms in total. The number of rotatable bonds is 5. The molecule has 7 heteroatoms. The summed E-state index contributed by atoms with van der Waals surface area (Å²) in [7, 11) is 0. The fraction of sp³-hybridized carbons (Fsp3) is 0.818. The van der Waals surface area contributed by atoms with E-state index in [1.54, 1.807) is 0 Å². The SMILES string of the molecule is CC(C)(CNC(=O)CC(C)(C)C(F)(F)F)C(=O)O. The first-order valence-electron chi connectivity index (χ1n) is 5.36. The number of halogens is 3. The van der Waals surface area contributed by atoms with Crippen LogP contribution < -0.4 is 5.32 Å². The maximum absolute atomic E-state index is 12.5. The van der Waals surface area contributed by atoms with Gasteiger partial charge in [-0.25, -0.2) is 0 Å². The molecule has 106 valence electrons. The van der Waals surface area contributed by atoms with E-state index >= 15 is 0 Å². The number of hydrogen-bond acceptors (Lipinski definition) is 2. The van der Waals surface area contributed by atoms with Gasteiger partial charge >= 0.3 is 12.1 Å². The minimum Gasteiger partial charge on any atom is -0.481 e. The van der Waals surface area contributed by atoms with Crippen molar-refractivity contribution in [3.63, 3.8) is 0 Å². The molecule has 0 bridgehead atoms. The third kappa shape index (κ3) is 4.54. The maximum Gasteiger partial charge on any atom is 0.394 e. The van der Waals surface area contributed by atoms with Crippen molar-refractivity contribution in [1.82, 2.24) is 5.32 Å². The largest absolute Gasteiger partial charge is 0.481 e. The predicted octanol–water partition coefficient (Wildman–Crippen LogP) is 2.19. The van der Waals surface area contributed by atoms with Gasteiger partial charge in [-0.2, -0.15) is 13.2 Å². The van der Waals surface area contributed by atoms with E-state index in [0.29, 0.717) is 0 Å². The van der Waals surface area contributed by atoms with Gasteiger partial charge in [-0.15, -0.1) is 0 Å². The van der Waals surface area contributed by atoms with Gasteiger partial charge in [0, 0.05) is 13.0 Å². The normalized spacial score (nSPS) is 13.3. The van der Waals surface area contributed by atoms with Crippen LogP contribution in [0.25, 0.3) is 0 Å². The zero-order chi connectivity index (χ0) is 14.8. The lowest BCUT2D eigenvalue weighted by Gasteiger charge is -2.27. The van der Waals surface area contributed by atoms with Gasteiger partial charge in [-0.1, -0.05) is 13.8 Å². The lowest BCUT2D eigenvalue weighted by molar-refractivity contribution is -0.213. The van der Waals surface area contributed by atoms with Gasteiger partial charge < -0.3 is 10.4 Å². The number of carbonyl (C=O) groups excluding carboxylic acids is 1. The Balaban J connectivity index is 4.43. The Morgan fingerprint density at radius 1 is 1.11 bits per heavy atom. The summed E-state index contributed by atoms with van der Waals surface area (Å²) in [6, 6.07) is 0. The lowest BCUT2D eigenvalue weighted by Crippen LogP contribution is -2.42. The van der Waals surface area contributed by atoms with E-state index in [1.165, 1.54) is 13.8 Å². The first-order chi connectivity index (χ1) is 7.79. The standard InChI is InChI=1S/C11H18F3NO3/c1-9(2,8(17)18)6-15-7(16)5-10(3,4)11(12,13)14/h5-6H2,1-4H3,(H,15,16)(H,17,18). The molecule has 0 aromatic heterocycles. The summed E-state index contributed by atoms with van der Waals surface area (Å²) in [5.41, 5.74) is -3.34. The van der Waals surface area contributed by atoms with Crippen molar-refractivity contribution in [2.45, 2.75) is 40.3 Å². The van der Waals surface area contributed by atoms with E-state index in [1.807, 2.05) is 0 Å². The zero-order valence-corrected chi connectivity index (χ0v) is 10.8. The third-order valence-electron chi connectivity index (χ3n) is 2.68. The molecule has 0 fully saturated rings. The summed E-state index contributed by atoms with van der Waals surface area (Å²) >= 11 is 0. The quantitative estimate of drug-likeness (QED) is 0.804. The fourth-order valence-corrected chi connectivity index (χ4v) is 0.959. The van der Waals surface area contributed by atoms with Crippen molar-refractivity contribution < 1.29 is 27.9 Å². The van der Waals surface area contributed by atoms with Crippen LogP contribution in [-0.2, 0) is 9.59 Å². The van der Waals surface area contributed by atoms with Crippen LogP contribution in [0.5, 0.6) is 0 Å². The van der Waals surface area contributed by atoms with Crippen LogP contribution in [0, 0.1) is 10.8 Å². The molecule has 0 aromatic rings. The number of hydrogen-bond donors (Lipinski definition) is 2. The van der Waals surface area contributed by atoms with Crippen LogP contribution in [0.15, 0.2) is 0 Å². The second-order valence-corrected chi connectivity index (χ2v) is 5.52. The molecule has 0 spiro atoms. The molecule has 1 amide bonds. The molecule has 0 saturated heterocycles. The predicted molar refractivity (Wildman–Crippen MR) is 58.9 cm³/mol. The fourth-order valence-electron chi connectivity index (χ4n) is 0.959. The van der Waals surface area contributed by atoms with Crippen LogP contribution in [0.4, 0.5) is 13.2 Å². The zero-order valence-electron chi connectivity index (χ0n) is 10.8. The number of carboxylic acids is 1. The molecule has 0 unspecified atom stereocenters. The monoisotopic (exact) mass is 269 g/mol. The Hall–Kier alpha value is -1.27. The molecule has 2 N–H and O–H groups in total. The van der Waals surface area contributed by atoms with Gasteiger partial charge in [-0.3, -0.25) is 9.59 Å². The van der Waals surface area contributed by atoms with Crippen molar-refractivity contribution >= 4 is 11.9 Å². The first kappa shape index (κ1) is 16.7. The third-order valence-corrected chi connectivity index (χ3v) is 2.68. The molecule has 0 aliphatic carbocycles. The average molecular weight is 269 g/mol. The second-order valence-electron chi connectivity index (χ2n) is 5.52. The molecule has 0 aliphatic heterocycles. The minimum absolute atomic E-state index is 0.213. The van der Waals surface area contributed by atoms with E-state index in [-0.39, 0.29) is 6.54 Å². The number of nitrogens with one attached hydrogen (secondary N) is 1. The Kier molecular flexibility index (Phi) is 4.79. The molecular weight excluding hydrogens is 251 g/mol. The molecular formula is C11H18F3NO3. The van der Waals surface area contributed by atoms with Gasteiger partial charge in [0.05, 0.1) is 10.8 Å². The van der Waals surface area contributed by atoms with Gasteiger partial charge in [0.15, 0.2) is 0 Å². The van der Waals surface area contributed by atoms with Crippen LogP contribution in [0.2, 0.25) is 0 Å². The second kappa shape index (κ2) is 5.16. The number of alkyl halides is 3. The van der Waals surface area contributed by atoms with E-state index in [0.717, 1.165) is 13.8 Å². The van der Waals surface area contributed by atoms with Crippen molar-refractivity contribution in [2.24, 2.45) is 10.8 Å². The summed E-state index contributed by atoms with van der Waals surface area (Å²) in [5.74, 6) is -1.94. The highest BCUT2D eigenvalue weighted by molar-refractivity contribution is 5.79. The molecule has 0 aromatic carbocycles. The van der Waals surface area contributed by atoms with Crippen molar-refractivity contribution in [1.29, 1.82) is 0 Å². The summed E-state index contributed by atoms with van der Waals surface area (Å²) in [4.78, 5) is 22.1. The number of carboxylic acid groups (broad SMARTS) is 1. The summed E-state index contributed by atoms with van der Waals surface area (Å²) in [6.45, 7) is 4.40. The lowest BCUT2D eigenvalue weighted by atomic mass is 9.87. The first-order valence-corrected chi connectivity index (χ1v) is 5.36. The topological polar surface area (TPSA) is 66.4 Å². The number of carbonyl (C=O) groups is 2. The van der Waals surface area contributed by atoms with Gasteiger partial charge in [0.1, 0.15) is 0 Å². The number of amides is 1. The summed E-state index contributed by atoms with van der Waals surface area (Å²) in [6.07, 6.45) is -5.21. The molecule has 0 aliphatic rings. The highest BCUT2D eigenvalue weighted by Gasteiger charge is 2.48. The average Bonchev–Trinajstić information content (AvgIpc) is 2.12. The Morgan fingerprint density at radius 2 is 1.56 bits per heavy atom. The molecule has 0 saturated carbocycles. The summed E-state index contributed by atoms with van der Waals surface area (Å²) in [5, 5.41) is 11.0. The summed E-state index contributed by atoms with van der Waals surface area (Å²) < 4.78 is 37.6. The van der Waals surface area contributed by atoms with E-state index in [4.69, 9.17) is 5.11 Å². The smallest absolute Gasteiger partial charge is 0.394 e. The van der Waals surface area contributed by atoms with Crippen LogP contribution in [-0.4, -0.2) is 29.7 Å². The molecule has 0 heterocycles. The van der Waals surface area contributed by atoms with Crippen molar-refractivity contribution in [2.75, 3.05) is 6.54 Å². The highest BCUT2D eigenvalue weighted by atomic mass is 19.4. The van der Waals surface area contributed by atoms with E-state index in [9.17, 15) is 22.8 Å². The maximum atomic E-state index is 12.5. The Morgan fingerprint density at radius 3 is 1.89 bits per heavy atom. The highest BCUT2D eigenvalue weighted by Crippen LogP contribution is 2.40. The molecule has 0 rings (SSSR count). The minimum atomic E-state index is -4.48. The van der Waals surface area contributed by atoms with Crippen LogP contribution in [0.3, 0.4) is 0 Å². The Labute approximate surface area is 104 Å². The molecule has 0 radical (unpaired) electrons.